The minimum Gasteiger partial charge on any atom is -0.491 e. The molecule has 112 valence electrons. The van der Waals surface area contributed by atoms with Crippen LogP contribution in [0.2, 0.25) is 10.0 Å². The summed E-state index contributed by atoms with van der Waals surface area (Å²) in [7, 11) is 1.65. The number of para-hydroxylation sites is 1. The van der Waals surface area contributed by atoms with Gasteiger partial charge in [0.05, 0.1) is 22.3 Å². The molecule has 0 aromatic heterocycles. The maximum Gasteiger partial charge on any atom is 0.124 e. The van der Waals surface area contributed by atoms with E-state index in [9.17, 15) is 0 Å². The van der Waals surface area contributed by atoms with Crippen molar-refractivity contribution in [2.45, 2.75) is 6.54 Å². The Kier molecular flexibility index (Phi) is 6.18. The molecule has 0 spiro atoms. The zero-order chi connectivity index (χ0) is 15.1. The van der Waals surface area contributed by atoms with Crippen LogP contribution in [-0.2, 0) is 11.3 Å². The van der Waals surface area contributed by atoms with Crippen LogP contribution in [0.25, 0.3) is 0 Å². The molecule has 0 aliphatic carbocycles. The highest BCUT2D eigenvalue weighted by molar-refractivity contribution is 6.43. The number of ether oxygens (including phenoxy) is 2. The van der Waals surface area contributed by atoms with Crippen LogP contribution < -0.4 is 10.1 Å². The van der Waals surface area contributed by atoms with Gasteiger partial charge >= 0.3 is 0 Å². The molecule has 0 saturated heterocycles. The number of rotatable bonds is 7. The standard InChI is InChI=1S/C16H17Cl2NO2/c1-20-9-10-21-15-8-3-2-5-12(15)11-19-14-7-4-6-13(17)16(14)18/h2-8,19H,9-11H2,1H3. The summed E-state index contributed by atoms with van der Waals surface area (Å²) in [5.74, 6) is 0.834. The molecule has 0 amide bonds. The summed E-state index contributed by atoms with van der Waals surface area (Å²) in [6, 6.07) is 13.4. The Morgan fingerprint density at radius 2 is 1.81 bits per heavy atom. The molecule has 0 aliphatic heterocycles. The van der Waals surface area contributed by atoms with Crippen LogP contribution in [0.1, 0.15) is 5.56 Å². The van der Waals surface area contributed by atoms with E-state index in [1.807, 2.05) is 36.4 Å². The lowest BCUT2D eigenvalue weighted by Crippen LogP contribution is -2.08. The molecular weight excluding hydrogens is 309 g/mol. The molecule has 2 rings (SSSR count). The summed E-state index contributed by atoms with van der Waals surface area (Å²) in [5.41, 5.74) is 1.85. The predicted molar refractivity (Wildman–Crippen MR) is 87.6 cm³/mol. The van der Waals surface area contributed by atoms with Crippen molar-refractivity contribution in [1.29, 1.82) is 0 Å². The Morgan fingerprint density at radius 3 is 2.62 bits per heavy atom. The molecule has 0 bridgehead atoms. The second kappa shape index (κ2) is 8.13. The molecule has 3 nitrogen and oxygen atoms in total. The smallest absolute Gasteiger partial charge is 0.124 e. The van der Waals surface area contributed by atoms with Gasteiger partial charge in [0, 0.05) is 19.2 Å². The quantitative estimate of drug-likeness (QED) is 0.753. The Hall–Kier alpha value is -1.42. The summed E-state index contributed by atoms with van der Waals surface area (Å²) in [6.07, 6.45) is 0. The molecular formula is C16H17Cl2NO2. The number of methoxy groups -OCH3 is 1. The van der Waals surface area contributed by atoms with E-state index in [4.69, 9.17) is 32.7 Å². The Bertz CT molecular complexity index is 590. The minimum absolute atomic E-state index is 0.519. The number of halogens is 2. The van der Waals surface area contributed by atoms with Crippen molar-refractivity contribution in [2.75, 3.05) is 25.6 Å². The van der Waals surface area contributed by atoms with Crippen LogP contribution >= 0.6 is 23.2 Å². The van der Waals surface area contributed by atoms with E-state index in [1.54, 1.807) is 13.2 Å². The molecule has 0 fully saturated rings. The van der Waals surface area contributed by atoms with Crippen molar-refractivity contribution >= 4 is 28.9 Å². The fraction of sp³-hybridized carbons (Fsp3) is 0.250. The van der Waals surface area contributed by atoms with Crippen molar-refractivity contribution < 1.29 is 9.47 Å². The number of nitrogens with one attached hydrogen (secondary N) is 1. The van der Waals surface area contributed by atoms with Gasteiger partial charge in [0.1, 0.15) is 12.4 Å². The molecule has 2 aromatic carbocycles. The van der Waals surface area contributed by atoms with Gasteiger partial charge in [-0.25, -0.2) is 0 Å². The SMILES string of the molecule is COCCOc1ccccc1CNc1cccc(Cl)c1Cl. The van der Waals surface area contributed by atoms with Gasteiger partial charge in [-0.15, -0.1) is 0 Å². The van der Waals surface area contributed by atoms with Gasteiger partial charge in [-0.3, -0.25) is 0 Å². The monoisotopic (exact) mass is 325 g/mol. The van der Waals surface area contributed by atoms with Gasteiger partial charge in [-0.05, 0) is 18.2 Å². The van der Waals surface area contributed by atoms with Gasteiger partial charge in [-0.2, -0.15) is 0 Å². The highest BCUT2D eigenvalue weighted by atomic mass is 35.5. The van der Waals surface area contributed by atoms with Gasteiger partial charge in [0.15, 0.2) is 0 Å². The molecule has 5 heteroatoms. The lowest BCUT2D eigenvalue weighted by Gasteiger charge is -2.13. The lowest BCUT2D eigenvalue weighted by atomic mass is 10.2. The van der Waals surface area contributed by atoms with Gasteiger partial charge in [0.2, 0.25) is 0 Å². The summed E-state index contributed by atoms with van der Waals surface area (Å²) in [4.78, 5) is 0. The van der Waals surface area contributed by atoms with E-state index in [2.05, 4.69) is 5.32 Å². The third-order valence-corrected chi connectivity index (χ3v) is 3.76. The Balaban J connectivity index is 2.04. The molecule has 2 aromatic rings. The highest BCUT2D eigenvalue weighted by Gasteiger charge is 2.06. The third kappa shape index (κ3) is 4.53. The van der Waals surface area contributed by atoms with E-state index in [0.717, 1.165) is 17.0 Å². The number of hydrogen-bond acceptors (Lipinski definition) is 3. The van der Waals surface area contributed by atoms with Crippen molar-refractivity contribution in [2.24, 2.45) is 0 Å². The first kappa shape index (κ1) is 16.0. The average Bonchev–Trinajstić information content (AvgIpc) is 2.50. The van der Waals surface area contributed by atoms with Crippen LogP contribution in [0.4, 0.5) is 5.69 Å². The average molecular weight is 326 g/mol. The van der Waals surface area contributed by atoms with E-state index in [-0.39, 0.29) is 0 Å². The molecule has 0 aliphatic rings. The normalized spacial score (nSPS) is 10.4. The van der Waals surface area contributed by atoms with Crippen LogP contribution in [0.3, 0.4) is 0 Å². The Morgan fingerprint density at radius 1 is 1.00 bits per heavy atom. The van der Waals surface area contributed by atoms with E-state index >= 15 is 0 Å². The molecule has 0 unspecified atom stereocenters. The summed E-state index contributed by atoms with van der Waals surface area (Å²) in [6.45, 7) is 1.68. The predicted octanol–water partition coefficient (Wildman–Crippen LogP) is 4.63. The molecule has 0 radical (unpaired) electrons. The summed E-state index contributed by atoms with van der Waals surface area (Å²) < 4.78 is 10.7. The fourth-order valence-electron chi connectivity index (χ4n) is 1.86. The van der Waals surface area contributed by atoms with Crippen molar-refractivity contribution in [1.82, 2.24) is 0 Å². The van der Waals surface area contributed by atoms with Crippen molar-refractivity contribution in [3.05, 3.63) is 58.1 Å². The van der Waals surface area contributed by atoms with Crippen LogP contribution in [0.15, 0.2) is 42.5 Å². The minimum atomic E-state index is 0.519. The second-order valence-electron chi connectivity index (χ2n) is 4.40. The van der Waals surface area contributed by atoms with E-state index < -0.39 is 0 Å². The van der Waals surface area contributed by atoms with E-state index in [0.29, 0.717) is 29.8 Å². The third-order valence-electron chi connectivity index (χ3n) is 2.94. The molecule has 21 heavy (non-hydrogen) atoms. The number of anilines is 1. The lowest BCUT2D eigenvalue weighted by molar-refractivity contribution is 0.146. The highest BCUT2D eigenvalue weighted by Crippen LogP contribution is 2.30. The number of benzene rings is 2. The zero-order valence-corrected chi connectivity index (χ0v) is 13.2. The first-order valence-corrected chi connectivity index (χ1v) is 7.35. The van der Waals surface area contributed by atoms with Crippen LogP contribution in [-0.4, -0.2) is 20.3 Å². The van der Waals surface area contributed by atoms with Gasteiger partial charge < -0.3 is 14.8 Å². The summed E-state index contributed by atoms with van der Waals surface area (Å²) >= 11 is 12.2. The molecule has 0 atom stereocenters. The first-order chi connectivity index (χ1) is 10.2. The molecule has 1 N–H and O–H groups in total. The first-order valence-electron chi connectivity index (χ1n) is 6.60. The molecule has 0 heterocycles. The van der Waals surface area contributed by atoms with Crippen LogP contribution in [0.5, 0.6) is 5.75 Å². The summed E-state index contributed by atoms with van der Waals surface area (Å²) in [5, 5.41) is 4.33. The topological polar surface area (TPSA) is 30.5 Å². The fourth-order valence-corrected chi connectivity index (χ4v) is 2.22. The van der Waals surface area contributed by atoms with E-state index in [1.165, 1.54) is 0 Å². The zero-order valence-electron chi connectivity index (χ0n) is 11.7. The maximum atomic E-state index is 6.16. The van der Waals surface area contributed by atoms with Crippen LogP contribution in [0, 0.1) is 0 Å². The largest absolute Gasteiger partial charge is 0.491 e. The Labute approximate surface area is 134 Å². The van der Waals surface area contributed by atoms with Crippen molar-refractivity contribution in [3.63, 3.8) is 0 Å². The second-order valence-corrected chi connectivity index (χ2v) is 5.19. The maximum absolute atomic E-state index is 6.16. The molecule has 0 saturated carbocycles. The van der Waals surface area contributed by atoms with Gasteiger partial charge in [-0.1, -0.05) is 47.5 Å². The van der Waals surface area contributed by atoms with Crippen molar-refractivity contribution in [3.8, 4) is 5.75 Å². The van der Waals surface area contributed by atoms with Gasteiger partial charge in [0.25, 0.3) is 0 Å². The number of hydrogen-bond donors (Lipinski definition) is 1.